The first-order valence-electron chi connectivity index (χ1n) is 7.53. The molecule has 0 bridgehead atoms. The minimum Gasteiger partial charge on any atom is -0.378 e. The van der Waals surface area contributed by atoms with Crippen LogP contribution in [-0.4, -0.2) is 28.5 Å². The maximum absolute atomic E-state index is 5.65. The summed E-state index contributed by atoms with van der Waals surface area (Å²) in [5.74, 6) is 0. The molecule has 1 N–H and O–H groups in total. The van der Waals surface area contributed by atoms with Gasteiger partial charge >= 0.3 is 0 Å². The Hall–Kier alpha value is -0.870. The third-order valence-electron chi connectivity index (χ3n) is 3.69. The van der Waals surface area contributed by atoms with E-state index in [1.54, 1.807) is 0 Å². The second-order valence-corrected chi connectivity index (χ2v) is 5.82. The van der Waals surface area contributed by atoms with Crippen LogP contribution >= 0.6 is 0 Å². The van der Waals surface area contributed by atoms with Crippen molar-refractivity contribution < 1.29 is 4.74 Å². The zero-order valence-corrected chi connectivity index (χ0v) is 12.5. The van der Waals surface area contributed by atoms with Crippen LogP contribution in [0.3, 0.4) is 0 Å². The Balaban J connectivity index is 1.75. The van der Waals surface area contributed by atoms with E-state index in [0.717, 1.165) is 31.8 Å². The van der Waals surface area contributed by atoms with Gasteiger partial charge in [0.25, 0.3) is 0 Å². The first kappa shape index (κ1) is 14.5. The Morgan fingerprint density at radius 2 is 2.37 bits per heavy atom. The van der Waals surface area contributed by atoms with E-state index in [9.17, 15) is 0 Å². The van der Waals surface area contributed by atoms with E-state index in [2.05, 4.69) is 42.1 Å². The number of nitrogens with zero attached hydrogens (tertiary/aromatic N) is 2. The summed E-state index contributed by atoms with van der Waals surface area (Å²) in [6.45, 7) is 9.30. The van der Waals surface area contributed by atoms with Gasteiger partial charge in [-0.1, -0.05) is 13.8 Å². The highest BCUT2D eigenvalue weighted by atomic mass is 16.5. The molecule has 4 heteroatoms. The van der Waals surface area contributed by atoms with Crippen molar-refractivity contribution >= 4 is 0 Å². The minimum absolute atomic E-state index is 0.499. The molecule has 4 nitrogen and oxygen atoms in total. The average molecular weight is 265 g/mol. The van der Waals surface area contributed by atoms with Crippen LogP contribution in [0.15, 0.2) is 6.20 Å². The van der Waals surface area contributed by atoms with Crippen molar-refractivity contribution in [2.45, 2.75) is 71.7 Å². The molecular formula is C15H27N3O. The number of nitrogens with one attached hydrogen (secondary N) is 1. The Morgan fingerprint density at radius 3 is 3.05 bits per heavy atom. The first-order chi connectivity index (χ1) is 9.15. The first-order valence-corrected chi connectivity index (χ1v) is 7.53. The molecule has 1 aromatic rings. The largest absolute Gasteiger partial charge is 0.378 e. The van der Waals surface area contributed by atoms with Gasteiger partial charge in [-0.15, -0.1) is 0 Å². The highest BCUT2D eigenvalue weighted by Gasteiger charge is 2.14. The minimum atomic E-state index is 0.499. The van der Waals surface area contributed by atoms with Crippen LogP contribution in [0.5, 0.6) is 0 Å². The molecule has 19 heavy (non-hydrogen) atoms. The van der Waals surface area contributed by atoms with Crippen molar-refractivity contribution in [3.05, 3.63) is 17.5 Å². The van der Waals surface area contributed by atoms with Crippen LogP contribution in [0.2, 0.25) is 0 Å². The second kappa shape index (κ2) is 7.06. The van der Waals surface area contributed by atoms with Gasteiger partial charge in [-0.05, 0) is 32.6 Å². The van der Waals surface area contributed by atoms with E-state index in [-0.39, 0.29) is 0 Å². The van der Waals surface area contributed by atoms with Gasteiger partial charge in [0.2, 0.25) is 0 Å². The Bertz CT molecular complexity index is 381. The molecule has 2 rings (SSSR count). The summed E-state index contributed by atoms with van der Waals surface area (Å²) in [6, 6.07) is 0.516. The zero-order chi connectivity index (χ0) is 13.7. The van der Waals surface area contributed by atoms with Gasteiger partial charge < -0.3 is 10.1 Å². The molecule has 1 fully saturated rings. The fourth-order valence-electron chi connectivity index (χ4n) is 2.51. The van der Waals surface area contributed by atoms with E-state index in [1.165, 1.54) is 24.8 Å². The van der Waals surface area contributed by atoms with Gasteiger partial charge in [-0.25, -0.2) is 0 Å². The molecular weight excluding hydrogens is 238 g/mol. The quantitative estimate of drug-likeness (QED) is 0.824. The topological polar surface area (TPSA) is 39.1 Å². The van der Waals surface area contributed by atoms with Gasteiger partial charge in [-0.3, -0.25) is 4.68 Å². The lowest BCUT2D eigenvalue weighted by atomic mass is 10.1. The summed E-state index contributed by atoms with van der Waals surface area (Å²) >= 11 is 0. The van der Waals surface area contributed by atoms with E-state index < -0.39 is 0 Å². The number of hydrogen-bond donors (Lipinski definition) is 1. The van der Waals surface area contributed by atoms with Crippen LogP contribution < -0.4 is 5.32 Å². The number of ether oxygens (including phenoxy) is 1. The van der Waals surface area contributed by atoms with E-state index >= 15 is 0 Å². The van der Waals surface area contributed by atoms with Gasteiger partial charge in [0.15, 0.2) is 0 Å². The van der Waals surface area contributed by atoms with Crippen LogP contribution in [-0.2, 0) is 17.8 Å². The molecule has 1 saturated heterocycles. The monoisotopic (exact) mass is 265 g/mol. The third-order valence-corrected chi connectivity index (χ3v) is 3.69. The SMILES string of the molecule is Cc1nn(CCCC2CCCO2)cc1CNC(C)C. The van der Waals surface area contributed by atoms with Gasteiger partial charge in [-0.2, -0.15) is 5.10 Å². The fourth-order valence-corrected chi connectivity index (χ4v) is 2.51. The predicted octanol–water partition coefficient (Wildman–Crippen LogP) is 2.65. The second-order valence-electron chi connectivity index (χ2n) is 5.82. The third kappa shape index (κ3) is 4.62. The van der Waals surface area contributed by atoms with Crippen molar-refractivity contribution in [2.75, 3.05) is 6.61 Å². The highest BCUT2D eigenvalue weighted by Crippen LogP contribution is 2.17. The molecule has 1 atom stereocenters. The number of hydrogen-bond acceptors (Lipinski definition) is 3. The molecule has 0 amide bonds. The fraction of sp³-hybridized carbons (Fsp3) is 0.800. The molecule has 1 aliphatic heterocycles. The van der Waals surface area contributed by atoms with Crippen LogP contribution in [0.25, 0.3) is 0 Å². The van der Waals surface area contributed by atoms with Crippen molar-refractivity contribution in [1.29, 1.82) is 0 Å². The van der Waals surface area contributed by atoms with Crippen LogP contribution in [0.4, 0.5) is 0 Å². The standard InChI is InChI=1S/C15H27N3O/c1-12(2)16-10-14-11-18(17-13(14)3)8-4-6-15-7-5-9-19-15/h11-12,15-16H,4-10H2,1-3H3. The maximum Gasteiger partial charge on any atom is 0.0638 e. The number of aryl methyl sites for hydroxylation is 2. The van der Waals surface area contributed by atoms with Crippen molar-refractivity contribution in [3.8, 4) is 0 Å². The van der Waals surface area contributed by atoms with Crippen LogP contribution in [0.1, 0.15) is 50.8 Å². The number of rotatable bonds is 7. The smallest absolute Gasteiger partial charge is 0.0638 e. The zero-order valence-electron chi connectivity index (χ0n) is 12.5. The molecule has 108 valence electrons. The summed E-state index contributed by atoms with van der Waals surface area (Å²) in [4.78, 5) is 0. The molecule has 1 aliphatic rings. The summed E-state index contributed by atoms with van der Waals surface area (Å²) in [7, 11) is 0. The summed E-state index contributed by atoms with van der Waals surface area (Å²) in [6.07, 6.45) is 7.47. The van der Waals surface area contributed by atoms with E-state index in [0.29, 0.717) is 12.1 Å². The Labute approximate surface area is 116 Å². The molecule has 0 aromatic carbocycles. The number of aromatic nitrogens is 2. The van der Waals surface area contributed by atoms with Gasteiger partial charge in [0.05, 0.1) is 11.8 Å². The van der Waals surface area contributed by atoms with Crippen molar-refractivity contribution in [3.63, 3.8) is 0 Å². The summed E-state index contributed by atoms with van der Waals surface area (Å²) in [5, 5.41) is 8.03. The molecule has 1 aromatic heterocycles. The lowest BCUT2D eigenvalue weighted by Crippen LogP contribution is -2.21. The maximum atomic E-state index is 5.65. The lowest BCUT2D eigenvalue weighted by Gasteiger charge is -2.08. The normalized spacial score (nSPS) is 19.5. The Morgan fingerprint density at radius 1 is 1.53 bits per heavy atom. The van der Waals surface area contributed by atoms with Gasteiger partial charge in [0, 0.05) is 37.5 Å². The molecule has 0 radical (unpaired) electrons. The van der Waals surface area contributed by atoms with E-state index in [1.807, 2.05) is 0 Å². The molecule has 2 heterocycles. The molecule has 1 unspecified atom stereocenters. The van der Waals surface area contributed by atoms with Gasteiger partial charge in [0.1, 0.15) is 0 Å². The highest BCUT2D eigenvalue weighted by molar-refractivity contribution is 5.15. The van der Waals surface area contributed by atoms with Crippen molar-refractivity contribution in [1.82, 2.24) is 15.1 Å². The lowest BCUT2D eigenvalue weighted by molar-refractivity contribution is 0.101. The molecule has 0 saturated carbocycles. The molecule has 0 spiro atoms. The molecule has 0 aliphatic carbocycles. The average Bonchev–Trinajstić information content (AvgIpc) is 2.97. The van der Waals surface area contributed by atoms with E-state index in [4.69, 9.17) is 4.74 Å². The summed E-state index contributed by atoms with van der Waals surface area (Å²) in [5.41, 5.74) is 2.45. The van der Waals surface area contributed by atoms with Crippen molar-refractivity contribution in [2.24, 2.45) is 0 Å². The predicted molar refractivity (Wildman–Crippen MR) is 77.1 cm³/mol. The summed E-state index contributed by atoms with van der Waals surface area (Å²) < 4.78 is 7.73. The van der Waals surface area contributed by atoms with Crippen LogP contribution in [0, 0.1) is 6.92 Å². The Kier molecular flexibility index (Phi) is 5.40.